The Hall–Kier alpha value is -0.610. The van der Waals surface area contributed by atoms with E-state index >= 15 is 0 Å². The number of carbonyl (C=O) groups is 1. The largest absolute Gasteiger partial charge is 0.481 e. The second-order valence-corrected chi connectivity index (χ2v) is 4.65. The molecule has 0 spiro atoms. The first kappa shape index (κ1) is 12.5. The summed E-state index contributed by atoms with van der Waals surface area (Å²) in [6.45, 7) is 5.92. The van der Waals surface area contributed by atoms with Gasteiger partial charge in [-0.05, 0) is 20.4 Å². The van der Waals surface area contributed by atoms with Gasteiger partial charge in [0.1, 0.15) is 0 Å². The number of carboxylic acids is 1. The van der Waals surface area contributed by atoms with Crippen molar-refractivity contribution >= 4 is 5.97 Å². The number of likely N-dealkylation sites (N-methyl/N-ethyl adjacent to an activating group) is 1. The lowest BCUT2D eigenvalue weighted by atomic mass is 9.85. The maximum atomic E-state index is 10.8. The minimum absolute atomic E-state index is 0.152. The molecular formula is C11H22N2O2. The van der Waals surface area contributed by atoms with E-state index < -0.39 is 5.97 Å². The van der Waals surface area contributed by atoms with E-state index in [0.29, 0.717) is 6.04 Å². The lowest BCUT2D eigenvalue weighted by Crippen LogP contribution is -2.70. The van der Waals surface area contributed by atoms with Gasteiger partial charge in [0, 0.05) is 19.1 Å². The smallest absolute Gasteiger partial charge is 0.305 e. The molecule has 0 saturated carbocycles. The Balaban J connectivity index is 2.60. The van der Waals surface area contributed by atoms with Gasteiger partial charge in [-0.25, -0.2) is 0 Å². The van der Waals surface area contributed by atoms with Crippen molar-refractivity contribution in [3.05, 3.63) is 0 Å². The molecule has 15 heavy (non-hydrogen) atoms. The Morgan fingerprint density at radius 2 is 2.20 bits per heavy atom. The van der Waals surface area contributed by atoms with Crippen LogP contribution in [0.25, 0.3) is 0 Å². The molecule has 0 aliphatic carbocycles. The molecule has 0 radical (unpaired) electrons. The van der Waals surface area contributed by atoms with E-state index in [9.17, 15) is 4.79 Å². The molecule has 1 rings (SSSR count). The van der Waals surface area contributed by atoms with Crippen LogP contribution in [0.2, 0.25) is 0 Å². The van der Waals surface area contributed by atoms with Crippen molar-refractivity contribution in [2.75, 3.05) is 20.1 Å². The van der Waals surface area contributed by atoms with Crippen LogP contribution in [0.4, 0.5) is 0 Å². The fourth-order valence-corrected chi connectivity index (χ4v) is 2.27. The molecule has 0 aromatic rings. The predicted octanol–water partition coefficient (Wildman–Crippen LogP) is 0.924. The number of nitrogens with one attached hydrogen (secondary N) is 1. The topological polar surface area (TPSA) is 52.6 Å². The Morgan fingerprint density at radius 1 is 1.60 bits per heavy atom. The van der Waals surface area contributed by atoms with Crippen LogP contribution in [-0.2, 0) is 4.79 Å². The zero-order valence-corrected chi connectivity index (χ0v) is 9.92. The molecule has 1 aliphatic rings. The van der Waals surface area contributed by atoms with E-state index in [-0.39, 0.29) is 12.0 Å². The van der Waals surface area contributed by atoms with E-state index in [1.54, 1.807) is 0 Å². The van der Waals surface area contributed by atoms with Crippen LogP contribution in [0.3, 0.4) is 0 Å². The average molecular weight is 214 g/mol. The van der Waals surface area contributed by atoms with Gasteiger partial charge in [0.15, 0.2) is 0 Å². The third-order valence-corrected chi connectivity index (χ3v) is 3.50. The quantitative estimate of drug-likeness (QED) is 0.690. The van der Waals surface area contributed by atoms with E-state index in [1.165, 1.54) is 0 Å². The van der Waals surface area contributed by atoms with Gasteiger partial charge in [0.05, 0.1) is 12.0 Å². The number of hydrogen-bond donors (Lipinski definition) is 2. The molecule has 1 fully saturated rings. The molecule has 1 heterocycles. The molecule has 88 valence electrons. The molecule has 1 atom stereocenters. The second-order valence-electron chi connectivity index (χ2n) is 4.65. The van der Waals surface area contributed by atoms with Gasteiger partial charge >= 0.3 is 5.97 Å². The molecular weight excluding hydrogens is 192 g/mol. The van der Waals surface area contributed by atoms with Crippen LogP contribution in [0, 0.1) is 0 Å². The highest BCUT2D eigenvalue weighted by molar-refractivity contribution is 5.68. The third kappa shape index (κ3) is 2.69. The number of aliphatic carboxylic acids is 1. The van der Waals surface area contributed by atoms with Crippen molar-refractivity contribution < 1.29 is 9.90 Å². The standard InChI is InChI=1S/C11H22N2O2/c1-4-5-9(2)13(3)11(6-10(14)15)7-12-8-11/h9,12H,4-8H2,1-3H3,(H,14,15). The molecule has 0 bridgehead atoms. The summed E-state index contributed by atoms with van der Waals surface area (Å²) in [4.78, 5) is 13.1. The Kier molecular flexibility index (Phi) is 4.11. The molecule has 0 aromatic carbocycles. The average Bonchev–Trinajstić information content (AvgIpc) is 2.10. The normalized spacial score (nSPS) is 21.1. The van der Waals surface area contributed by atoms with E-state index in [1.807, 2.05) is 7.05 Å². The molecule has 1 aliphatic heterocycles. The highest BCUT2D eigenvalue weighted by Gasteiger charge is 2.43. The highest BCUT2D eigenvalue weighted by Crippen LogP contribution is 2.26. The van der Waals surface area contributed by atoms with Crippen molar-refractivity contribution in [3.63, 3.8) is 0 Å². The van der Waals surface area contributed by atoms with Crippen molar-refractivity contribution in [2.45, 2.75) is 44.7 Å². The van der Waals surface area contributed by atoms with Gasteiger partial charge in [-0.15, -0.1) is 0 Å². The van der Waals surface area contributed by atoms with Crippen LogP contribution in [0.5, 0.6) is 0 Å². The molecule has 4 nitrogen and oxygen atoms in total. The zero-order chi connectivity index (χ0) is 11.5. The molecule has 0 amide bonds. The minimum Gasteiger partial charge on any atom is -0.481 e. The zero-order valence-electron chi connectivity index (χ0n) is 9.92. The van der Waals surface area contributed by atoms with Crippen LogP contribution in [-0.4, -0.2) is 47.7 Å². The summed E-state index contributed by atoms with van der Waals surface area (Å²) >= 11 is 0. The Morgan fingerprint density at radius 3 is 2.53 bits per heavy atom. The van der Waals surface area contributed by atoms with Gasteiger partial charge < -0.3 is 10.4 Å². The lowest BCUT2D eigenvalue weighted by Gasteiger charge is -2.50. The van der Waals surface area contributed by atoms with E-state index in [0.717, 1.165) is 25.9 Å². The second kappa shape index (κ2) is 4.94. The third-order valence-electron chi connectivity index (χ3n) is 3.50. The molecule has 0 aromatic heterocycles. The van der Waals surface area contributed by atoms with Gasteiger partial charge in [0.2, 0.25) is 0 Å². The summed E-state index contributed by atoms with van der Waals surface area (Å²) in [6.07, 6.45) is 2.50. The summed E-state index contributed by atoms with van der Waals surface area (Å²) in [7, 11) is 2.05. The summed E-state index contributed by atoms with van der Waals surface area (Å²) in [5.41, 5.74) is -0.152. The van der Waals surface area contributed by atoms with Crippen molar-refractivity contribution in [1.82, 2.24) is 10.2 Å². The number of nitrogens with zero attached hydrogens (tertiary/aromatic N) is 1. The summed E-state index contributed by atoms with van der Waals surface area (Å²) in [6, 6.07) is 0.455. The maximum absolute atomic E-state index is 10.8. The number of rotatable bonds is 6. The fourth-order valence-electron chi connectivity index (χ4n) is 2.27. The van der Waals surface area contributed by atoms with Gasteiger partial charge in [-0.2, -0.15) is 0 Å². The van der Waals surface area contributed by atoms with Crippen molar-refractivity contribution in [1.29, 1.82) is 0 Å². The first-order valence-corrected chi connectivity index (χ1v) is 5.67. The molecule has 2 N–H and O–H groups in total. The molecule has 4 heteroatoms. The highest BCUT2D eigenvalue weighted by atomic mass is 16.4. The van der Waals surface area contributed by atoms with Gasteiger partial charge in [0.25, 0.3) is 0 Å². The van der Waals surface area contributed by atoms with Crippen LogP contribution in [0.15, 0.2) is 0 Å². The lowest BCUT2D eigenvalue weighted by molar-refractivity contribution is -0.142. The first-order chi connectivity index (χ1) is 7.02. The van der Waals surface area contributed by atoms with Crippen molar-refractivity contribution in [2.24, 2.45) is 0 Å². The van der Waals surface area contributed by atoms with Crippen LogP contribution in [0.1, 0.15) is 33.1 Å². The minimum atomic E-state index is -0.702. The summed E-state index contributed by atoms with van der Waals surface area (Å²) in [5, 5.41) is 12.1. The SMILES string of the molecule is CCCC(C)N(C)C1(CC(=O)O)CNC1. The first-order valence-electron chi connectivity index (χ1n) is 5.67. The Labute approximate surface area is 91.6 Å². The maximum Gasteiger partial charge on any atom is 0.305 e. The molecule has 1 unspecified atom stereocenters. The van der Waals surface area contributed by atoms with Crippen molar-refractivity contribution in [3.8, 4) is 0 Å². The summed E-state index contributed by atoms with van der Waals surface area (Å²) < 4.78 is 0. The van der Waals surface area contributed by atoms with E-state index in [2.05, 4.69) is 24.1 Å². The summed E-state index contributed by atoms with van der Waals surface area (Å²) in [5.74, 6) is -0.702. The van der Waals surface area contributed by atoms with Gasteiger partial charge in [-0.1, -0.05) is 13.3 Å². The van der Waals surface area contributed by atoms with Crippen LogP contribution < -0.4 is 5.32 Å². The number of hydrogen-bond acceptors (Lipinski definition) is 3. The molecule has 1 saturated heterocycles. The monoisotopic (exact) mass is 214 g/mol. The van der Waals surface area contributed by atoms with Crippen LogP contribution >= 0.6 is 0 Å². The Bertz CT molecular complexity index is 227. The number of carboxylic acid groups (broad SMARTS) is 1. The fraction of sp³-hybridized carbons (Fsp3) is 0.909. The van der Waals surface area contributed by atoms with E-state index in [4.69, 9.17) is 5.11 Å². The van der Waals surface area contributed by atoms with Gasteiger partial charge in [-0.3, -0.25) is 9.69 Å². The predicted molar refractivity (Wildman–Crippen MR) is 60.0 cm³/mol.